The molecule has 0 amide bonds. The number of hydrogen-bond donors (Lipinski definition) is 0. The monoisotopic (exact) mass is 200 g/mol. The van der Waals surface area contributed by atoms with Gasteiger partial charge in [-0.3, -0.25) is 0 Å². The molecule has 0 saturated heterocycles. The molecule has 2 fully saturated rings. The van der Waals surface area contributed by atoms with Crippen molar-refractivity contribution in [3.8, 4) is 0 Å². The van der Waals surface area contributed by atoms with Gasteiger partial charge in [-0.1, -0.05) is 44.2 Å². The normalized spacial score (nSPS) is 43.5. The van der Waals surface area contributed by atoms with Crippen molar-refractivity contribution >= 4 is 0 Å². The van der Waals surface area contributed by atoms with Crippen LogP contribution in [0.15, 0.2) is 30.3 Å². The van der Waals surface area contributed by atoms with Crippen molar-refractivity contribution in [2.24, 2.45) is 17.8 Å². The first-order valence-electron chi connectivity index (χ1n) is 6.28. The average molecular weight is 200 g/mol. The van der Waals surface area contributed by atoms with Gasteiger partial charge in [0.15, 0.2) is 0 Å². The summed E-state index contributed by atoms with van der Waals surface area (Å²) in [6.07, 6.45) is 4.42. The van der Waals surface area contributed by atoms with Gasteiger partial charge in [-0.15, -0.1) is 0 Å². The second kappa shape index (κ2) is 3.10. The van der Waals surface area contributed by atoms with Crippen LogP contribution in [-0.2, 0) is 5.41 Å². The Morgan fingerprint density at radius 1 is 1.13 bits per heavy atom. The third kappa shape index (κ3) is 1.14. The summed E-state index contributed by atoms with van der Waals surface area (Å²) in [7, 11) is 0. The van der Waals surface area contributed by atoms with Crippen LogP contribution < -0.4 is 0 Å². The van der Waals surface area contributed by atoms with Crippen LogP contribution in [0.5, 0.6) is 0 Å². The zero-order valence-corrected chi connectivity index (χ0v) is 9.74. The molecule has 2 aliphatic carbocycles. The Labute approximate surface area is 92.7 Å². The smallest absolute Gasteiger partial charge is 0.00187 e. The lowest BCUT2D eigenvalue weighted by molar-refractivity contribution is 0.204. The predicted octanol–water partition coefficient (Wildman–Crippen LogP) is 4.01. The molecule has 4 atom stereocenters. The molecule has 1 aromatic carbocycles. The molecule has 3 rings (SSSR count). The third-order valence-electron chi connectivity index (χ3n) is 5.37. The van der Waals surface area contributed by atoms with Crippen molar-refractivity contribution in [2.45, 2.75) is 38.5 Å². The van der Waals surface area contributed by atoms with Crippen LogP contribution in [-0.4, -0.2) is 0 Å². The van der Waals surface area contributed by atoms with E-state index in [1.54, 1.807) is 5.56 Å². The molecule has 0 radical (unpaired) electrons. The molecule has 0 heterocycles. The summed E-state index contributed by atoms with van der Waals surface area (Å²) in [5, 5.41) is 0. The van der Waals surface area contributed by atoms with Crippen molar-refractivity contribution in [1.29, 1.82) is 0 Å². The predicted molar refractivity (Wildman–Crippen MR) is 63.8 cm³/mol. The third-order valence-corrected chi connectivity index (χ3v) is 5.37. The number of benzene rings is 1. The summed E-state index contributed by atoms with van der Waals surface area (Å²) in [5.74, 6) is 2.82. The van der Waals surface area contributed by atoms with Crippen molar-refractivity contribution in [3.05, 3.63) is 35.9 Å². The van der Waals surface area contributed by atoms with Crippen molar-refractivity contribution in [2.75, 3.05) is 0 Å². The van der Waals surface area contributed by atoms with Gasteiger partial charge in [0.1, 0.15) is 0 Å². The van der Waals surface area contributed by atoms with Crippen LogP contribution in [0, 0.1) is 17.8 Å². The summed E-state index contributed by atoms with van der Waals surface area (Å²) in [4.78, 5) is 0. The van der Waals surface area contributed by atoms with Gasteiger partial charge in [0.25, 0.3) is 0 Å². The van der Waals surface area contributed by atoms with Crippen LogP contribution in [0.4, 0.5) is 0 Å². The zero-order chi connectivity index (χ0) is 10.5. The maximum atomic E-state index is 2.50. The maximum Gasteiger partial charge on any atom is -0.00187 e. The second-order valence-electron chi connectivity index (χ2n) is 5.71. The summed E-state index contributed by atoms with van der Waals surface area (Å²) in [6.45, 7) is 4.97. The Morgan fingerprint density at radius 3 is 2.47 bits per heavy atom. The Bertz CT molecular complexity index is 350. The minimum absolute atomic E-state index is 0.462. The van der Waals surface area contributed by atoms with E-state index in [0.29, 0.717) is 5.41 Å². The molecular formula is C15H20. The summed E-state index contributed by atoms with van der Waals surface area (Å²) in [6, 6.07) is 11.2. The Morgan fingerprint density at radius 2 is 1.87 bits per heavy atom. The van der Waals surface area contributed by atoms with E-state index in [-0.39, 0.29) is 0 Å². The van der Waals surface area contributed by atoms with Gasteiger partial charge in [0.05, 0.1) is 0 Å². The van der Waals surface area contributed by atoms with E-state index in [1.165, 1.54) is 19.3 Å². The lowest BCUT2D eigenvalue weighted by Gasteiger charge is -2.40. The van der Waals surface area contributed by atoms with Gasteiger partial charge < -0.3 is 0 Å². The van der Waals surface area contributed by atoms with E-state index >= 15 is 0 Å². The van der Waals surface area contributed by atoms with E-state index in [0.717, 1.165) is 17.8 Å². The molecular weight excluding hydrogens is 180 g/mol. The van der Waals surface area contributed by atoms with E-state index in [2.05, 4.69) is 44.2 Å². The van der Waals surface area contributed by atoms with E-state index < -0.39 is 0 Å². The van der Waals surface area contributed by atoms with Crippen LogP contribution in [0.3, 0.4) is 0 Å². The highest BCUT2D eigenvalue weighted by Gasteiger charge is 2.53. The second-order valence-corrected chi connectivity index (χ2v) is 5.71. The summed E-state index contributed by atoms with van der Waals surface area (Å²) in [5.41, 5.74) is 2.04. The molecule has 0 nitrogen and oxygen atoms in total. The minimum Gasteiger partial charge on any atom is -0.0622 e. The van der Waals surface area contributed by atoms with E-state index in [4.69, 9.17) is 0 Å². The SMILES string of the molecule is C[C@@H]1[C@@H]2CC[C@@H](C2)C1(C)c1ccccc1. The topological polar surface area (TPSA) is 0 Å². The van der Waals surface area contributed by atoms with Gasteiger partial charge in [-0.05, 0) is 48.0 Å². The molecule has 0 aliphatic heterocycles. The zero-order valence-electron chi connectivity index (χ0n) is 9.74. The molecule has 2 bridgehead atoms. The fraction of sp³-hybridized carbons (Fsp3) is 0.600. The van der Waals surface area contributed by atoms with E-state index in [1.807, 2.05) is 0 Å². The lowest BCUT2D eigenvalue weighted by atomic mass is 9.64. The maximum absolute atomic E-state index is 2.50. The van der Waals surface area contributed by atoms with Crippen molar-refractivity contribution < 1.29 is 0 Å². The average Bonchev–Trinajstić information content (AvgIpc) is 2.84. The lowest BCUT2D eigenvalue weighted by Crippen LogP contribution is -2.36. The molecule has 0 spiro atoms. The van der Waals surface area contributed by atoms with Gasteiger partial charge >= 0.3 is 0 Å². The molecule has 1 aromatic rings. The number of fused-ring (bicyclic) bond motifs is 2. The molecule has 0 N–H and O–H groups in total. The van der Waals surface area contributed by atoms with Gasteiger partial charge in [0, 0.05) is 0 Å². The van der Waals surface area contributed by atoms with Crippen molar-refractivity contribution in [1.82, 2.24) is 0 Å². The summed E-state index contributed by atoms with van der Waals surface area (Å²) >= 11 is 0. The Balaban J connectivity index is 2.04. The summed E-state index contributed by atoms with van der Waals surface area (Å²) < 4.78 is 0. The van der Waals surface area contributed by atoms with Crippen LogP contribution in [0.2, 0.25) is 0 Å². The molecule has 15 heavy (non-hydrogen) atoms. The molecule has 0 heteroatoms. The quantitative estimate of drug-likeness (QED) is 0.642. The Hall–Kier alpha value is -0.780. The first-order chi connectivity index (χ1) is 7.23. The molecule has 0 aromatic heterocycles. The van der Waals surface area contributed by atoms with Gasteiger partial charge in [0.2, 0.25) is 0 Å². The molecule has 2 aliphatic rings. The van der Waals surface area contributed by atoms with Crippen LogP contribution in [0.1, 0.15) is 38.7 Å². The van der Waals surface area contributed by atoms with E-state index in [9.17, 15) is 0 Å². The number of rotatable bonds is 1. The van der Waals surface area contributed by atoms with Crippen LogP contribution in [0.25, 0.3) is 0 Å². The highest BCUT2D eigenvalue weighted by atomic mass is 14.6. The molecule has 2 saturated carbocycles. The standard InChI is InChI=1S/C15H20/c1-11-12-8-9-14(10-12)15(11,2)13-6-4-3-5-7-13/h3-7,11-12,14H,8-10H2,1-2H3/t11-,12-,14+,15?/m1/s1. The highest BCUT2D eigenvalue weighted by molar-refractivity contribution is 5.30. The fourth-order valence-electron chi connectivity index (χ4n) is 4.17. The first kappa shape index (κ1) is 9.45. The molecule has 1 unspecified atom stereocenters. The minimum atomic E-state index is 0.462. The Kier molecular flexibility index (Phi) is 1.95. The fourth-order valence-corrected chi connectivity index (χ4v) is 4.17. The highest BCUT2D eigenvalue weighted by Crippen LogP contribution is 2.59. The van der Waals surface area contributed by atoms with Crippen molar-refractivity contribution in [3.63, 3.8) is 0 Å². The first-order valence-corrected chi connectivity index (χ1v) is 6.28. The van der Waals surface area contributed by atoms with Gasteiger partial charge in [-0.2, -0.15) is 0 Å². The largest absolute Gasteiger partial charge is 0.0622 e. The van der Waals surface area contributed by atoms with Gasteiger partial charge in [-0.25, -0.2) is 0 Å². The molecule has 80 valence electrons. The number of hydrogen-bond acceptors (Lipinski definition) is 0. The van der Waals surface area contributed by atoms with Crippen LogP contribution >= 0.6 is 0 Å².